The Labute approximate surface area is 121 Å². The highest BCUT2D eigenvalue weighted by Gasteiger charge is 2.36. The molecule has 0 aliphatic carbocycles. The fraction of sp³-hybridized carbons (Fsp3) is 0.600. The predicted octanol–water partition coefficient (Wildman–Crippen LogP) is 3.72. The van der Waals surface area contributed by atoms with Crippen LogP contribution in [0.5, 0.6) is 0 Å². The standard InChI is InChI=1S/C15H20F4N2/c1-2-11-4-3-7-21(11)14(9-20)10-5-6-13(16)12(8-10)15(17,18)19/h5-6,8,11,14H,2-4,7,9,20H2,1H3. The molecule has 6 heteroatoms. The Balaban J connectivity index is 2.35. The largest absolute Gasteiger partial charge is 0.419 e. The van der Waals surface area contributed by atoms with Crippen molar-refractivity contribution in [2.45, 2.75) is 44.4 Å². The summed E-state index contributed by atoms with van der Waals surface area (Å²) >= 11 is 0. The highest BCUT2D eigenvalue weighted by molar-refractivity contribution is 5.30. The number of benzene rings is 1. The van der Waals surface area contributed by atoms with Crippen molar-refractivity contribution in [1.29, 1.82) is 0 Å². The molecule has 118 valence electrons. The van der Waals surface area contributed by atoms with E-state index in [1.807, 2.05) is 0 Å². The minimum atomic E-state index is -4.69. The molecule has 1 aromatic rings. The Morgan fingerprint density at radius 3 is 2.67 bits per heavy atom. The van der Waals surface area contributed by atoms with Crippen LogP contribution in [0, 0.1) is 5.82 Å². The van der Waals surface area contributed by atoms with Gasteiger partial charge < -0.3 is 5.73 Å². The number of hydrogen-bond donors (Lipinski definition) is 1. The number of nitrogens with two attached hydrogens (primary N) is 1. The van der Waals surface area contributed by atoms with Crippen LogP contribution in [0.3, 0.4) is 0 Å². The van der Waals surface area contributed by atoms with Gasteiger partial charge in [-0.05, 0) is 43.5 Å². The van der Waals surface area contributed by atoms with Crippen molar-refractivity contribution in [3.63, 3.8) is 0 Å². The monoisotopic (exact) mass is 304 g/mol. The normalized spacial score (nSPS) is 21.7. The second-order valence-electron chi connectivity index (χ2n) is 5.43. The molecule has 0 amide bonds. The van der Waals surface area contributed by atoms with E-state index in [4.69, 9.17) is 5.73 Å². The molecule has 2 rings (SSSR count). The maximum atomic E-state index is 13.4. The predicted molar refractivity (Wildman–Crippen MR) is 73.2 cm³/mol. The molecule has 0 aromatic heterocycles. The van der Waals surface area contributed by atoms with Crippen molar-refractivity contribution in [1.82, 2.24) is 4.90 Å². The second-order valence-corrected chi connectivity index (χ2v) is 5.43. The van der Waals surface area contributed by atoms with E-state index in [1.54, 1.807) is 0 Å². The van der Waals surface area contributed by atoms with Crippen LogP contribution in [0.15, 0.2) is 18.2 Å². The maximum absolute atomic E-state index is 13.4. The summed E-state index contributed by atoms with van der Waals surface area (Å²) in [5.41, 5.74) is 5.00. The average molecular weight is 304 g/mol. The van der Waals surface area contributed by atoms with Crippen molar-refractivity contribution in [3.05, 3.63) is 35.1 Å². The SMILES string of the molecule is CCC1CCCN1C(CN)c1ccc(F)c(C(F)(F)F)c1. The van der Waals surface area contributed by atoms with Gasteiger partial charge in [-0.2, -0.15) is 13.2 Å². The van der Waals surface area contributed by atoms with Gasteiger partial charge >= 0.3 is 6.18 Å². The smallest absolute Gasteiger partial charge is 0.329 e. The molecule has 2 unspecified atom stereocenters. The van der Waals surface area contributed by atoms with E-state index < -0.39 is 17.6 Å². The summed E-state index contributed by atoms with van der Waals surface area (Å²) in [6.07, 6.45) is -1.71. The molecule has 1 aromatic carbocycles. The third-order valence-corrected chi connectivity index (χ3v) is 4.20. The third kappa shape index (κ3) is 3.37. The molecule has 1 heterocycles. The zero-order valence-corrected chi connectivity index (χ0v) is 12.0. The summed E-state index contributed by atoms with van der Waals surface area (Å²) in [6.45, 7) is 3.10. The number of likely N-dealkylation sites (tertiary alicyclic amines) is 1. The van der Waals surface area contributed by atoms with E-state index in [9.17, 15) is 17.6 Å². The molecular weight excluding hydrogens is 284 g/mol. The molecule has 1 fully saturated rings. The highest BCUT2D eigenvalue weighted by Crippen LogP contribution is 2.35. The van der Waals surface area contributed by atoms with Gasteiger partial charge in [-0.1, -0.05) is 13.0 Å². The summed E-state index contributed by atoms with van der Waals surface area (Å²) in [6, 6.07) is 3.24. The van der Waals surface area contributed by atoms with Crippen molar-refractivity contribution >= 4 is 0 Å². The van der Waals surface area contributed by atoms with Crippen LogP contribution in [0.1, 0.15) is 43.4 Å². The summed E-state index contributed by atoms with van der Waals surface area (Å²) in [4.78, 5) is 2.15. The van der Waals surface area contributed by atoms with Gasteiger partial charge in [0.15, 0.2) is 0 Å². The Morgan fingerprint density at radius 2 is 2.10 bits per heavy atom. The van der Waals surface area contributed by atoms with Crippen LogP contribution < -0.4 is 5.73 Å². The van der Waals surface area contributed by atoms with Gasteiger partial charge in [0, 0.05) is 18.6 Å². The first-order valence-electron chi connectivity index (χ1n) is 7.21. The van der Waals surface area contributed by atoms with Gasteiger partial charge in [0.25, 0.3) is 0 Å². The zero-order chi connectivity index (χ0) is 15.6. The Kier molecular flexibility index (Phi) is 4.88. The lowest BCUT2D eigenvalue weighted by molar-refractivity contribution is -0.140. The van der Waals surface area contributed by atoms with Crippen molar-refractivity contribution in [3.8, 4) is 0 Å². The Morgan fingerprint density at radius 1 is 1.38 bits per heavy atom. The highest BCUT2D eigenvalue weighted by atomic mass is 19.4. The second kappa shape index (κ2) is 6.32. The Hall–Kier alpha value is -1.14. The van der Waals surface area contributed by atoms with Crippen LogP contribution in [0.4, 0.5) is 17.6 Å². The molecule has 1 saturated heterocycles. The number of hydrogen-bond acceptors (Lipinski definition) is 2. The summed E-state index contributed by atoms with van der Waals surface area (Å²) in [5.74, 6) is -1.24. The summed E-state index contributed by atoms with van der Waals surface area (Å²) in [5, 5.41) is 0. The lowest BCUT2D eigenvalue weighted by atomic mass is 10.0. The fourth-order valence-electron chi connectivity index (χ4n) is 3.14. The van der Waals surface area contributed by atoms with Crippen molar-refractivity contribution in [2.75, 3.05) is 13.1 Å². The molecule has 21 heavy (non-hydrogen) atoms. The van der Waals surface area contributed by atoms with Crippen molar-refractivity contribution in [2.24, 2.45) is 5.73 Å². The van der Waals surface area contributed by atoms with Gasteiger partial charge in [0.2, 0.25) is 0 Å². The van der Waals surface area contributed by atoms with Gasteiger partial charge in [0.1, 0.15) is 5.82 Å². The quantitative estimate of drug-likeness (QED) is 0.859. The minimum absolute atomic E-state index is 0.222. The lowest BCUT2D eigenvalue weighted by Crippen LogP contribution is -2.37. The number of rotatable bonds is 4. The average Bonchev–Trinajstić information content (AvgIpc) is 2.88. The zero-order valence-electron chi connectivity index (χ0n) is 12.0. The minimum Gasteiger partial charge on any atom is -0.329 e. The van der Waals surface area contributed by atoms with Crippen molar-refractivity contribution < 1.29 is 17.6 Å². The molecule has 0 radical (unpaired) electrons. The number of alkyl halides is 3. The molecule has 0 saturated carbocycles. The van der Waals surface area contributed by atoms with Crippen LogP contribution >= 0.6 is 0 Å². The molecular formula is C15H20F4N2. The first kappa shape index (κ1) is 16.2. The first-order chi connectivity index (χ1) is 9.88. The van der Waals surface area contributed by atoms with Crippen LogP contribution in [-0.2, 0) is 6.18 Å². The van der Waals surface area contributed by atoms with Gasteiger partial charge in [0.05, 0.1) is 5.56 Å². The van der Waals surface area contributed by atoms with Crippen LogP contribution in [0.2, 0.25) is 0 Å². The topological polar surface area (TPSA) is 29.3 Å². The third-order valence-electron chi connectivity index (χ3n) is 4.20. The van der Waals surface area contributed by atoms with E-state index in [0.717, 1.165) is 37.9 Å². The number of nitrogens with zero attached hydrogens (tertiary/aromatic N) is 1. The van der Waals surface area contributed by atoms with Gasteiger partial charge in [-0.25, -0.2) is 4.39 Å². The van der Waals surface area contributed by atoms with E-state index >= 15 is 0 Å². The van der Waals surface area contributed by atoms with E-state index in [1.165, 1.54) is 6.07 Å². The molecule has 0 spiro atoms. The fourth-order valence-corrected chi connectivity index (χ4v) is 3.14. The van der Waals surface area contributed by atoms with E-state index in [-0.39, 0.29) is 12.6 Å². The first-order valence-corrected chi connectivity index (χ1v) is 7.21. The molecule has 0 bridgehead atoms. The lowest BCUT2D eigenvalue weighted by Gasteiger charge is -2.32. The van der Waals surface area contributed by atoms with Crippen LogP contribution in [0.25, 0.3) is 0 Å². The van der Waals surface area contributed by atoms with E-state index in [0.29, 0.717) is 11.6 Å². The van der Waals surface area contributed by atoms with Gasteiger partial charge in [-0.15, -0.1) is 0 Å². The molecule has 1 aliphatic heterocycles. The molecule has 1 aliphatic rings. The van der Waals surface area contributed by atoms with Gasteiger partial charge in [-0.3, -0.25) is 4.90 Å². The van der Waals surface area contributed by atoms with E-state index in [2.05, 4.69) is 11.8 Å². The Bertz CT molecular complexity index is 487. The maximum Gasteiger partial charge on any atom is 0.419 e. The molecule has 2 atom stereocenters. The summed E-state index contributed by atoms with van der Waals surface area (Å²) < 4.78 is 51.9. The molecule has 2 N–H and O–H groups in total. The number of halogens is 4. The van der Waals surface area contributed by atoms with Crippen LogP contribution in [-0.4, -0.2) is 24.0 Å². The molecule has 2 nitrogen and oxygen atoms in total. The summed E-state index contributed by atoms with van der Waals surface area (Å²) in [7, 11) is 0.